The van der Waals surface area contributed by atoms with Crippen LogP contribution in [-0.2, 0) is 6.42 Å². The maximum atomic E-state index is 6.15. The van der Waals surface area contributed by atoms with Crippen LogP contribution < -0.4 is 5.32 Å². The van der Waals surface area contributed by atoms with Crippen LogP contribution in [0.4, 0.5) is 5.82 Å². The van der Waals surface area contributed by atoms with Crippen molar-refractivity contribution in [3.05, 3.63) is 16.5 Å². The third kappa shape index (κ3) is 2.71. The molecule has 0 radical (unpaired) electrons. The Hall–Kier alpha value is -0.830. The minimum atomic E-state index is 0.200. The summed E-state index contributed by atoms with van der Waals surface area (Å²) in [6.45, 7) is 6.34. The van der Waals surface area contributed by atoms with Gasteiger partial charge in [-0.05, 0) is 39.5 Å². The molecule has 1 N–H and O–H groups in total. The number of hydrogen-bond acceptors (Lipinski definition) is 3. The summed E-state index contributed by atoms with van der Waals surface area (Å²) in [7, 11) is 0. The Balaban J connectivity index is 2.24. The molecule has 0 spiro atoms. The lowest BCUT2D eigenvalue weighted by molar-refractivity contribution is 0.305. The van der Waals surface area contributed by atoms with Gasteiger partial charge < -0.3 is 5.32 Å². The van der Waals surface area contributed by atoms with Gasteiger partial charge in [0.15, 0.2) is 0 Å². The molecule has 0 unspecified atom stereocenters. The van der Waals surface area contributed by atoms with E-state index >= 15 is 0 Å². The number of halogens is 1. The predicted molar refractivity (Wildman–Crippen MR) is 71.7 cm³/mol. The van der Waals surface area contributed by atoms with E-state index in [1.807, 2.05) is 6.92 Å². The number of rotatable bonds is 4. The lowest BCUT2D eigenvalue weighted by Gasteiger charge is -2.40. The summed E-state index contributed by atoms with van der Waals surface area (Å²) in [6, 6.07) is 0. The molecule has 1 aliphatic carbocycles. The molecule has 17 heavy (non-hydrogen) atoms. The first-order valence-electron chi connectivity index (χ1n) is 6.35. The lowest BCUT2D eigenvalue weighted by atomic mass is 9.78. The monoisotopic (exact) mass is 253 g/mol. The van der Waals surface area contributed by atoms with Crippen molar-refractivity contribution in [2.45, 2.75) is 58.4 Å². The second-order valence-corrected chi connectivity index (χ2v) is 5.55. The van der Waals surface area contributed by atoms with Crippen LogP contribution in [-0.4, -0.2) is 15.5 Å². The molecule has 1 aromatic heterocycles. The predicted octanol–water partition coefficient (Wildman–Crippen LogP) is 3.75. The third-order valence-corrected chi connectivity index (χ3v) is 3.85. The van der Waals surface area contributed by atoms with Crippen LogP contribution in [0.5, 0.6) is 0 Å². The average Bonchev–Trinajstić information content (AvgIpc) is 2.23. The van der Waals surface area contributed by atoms with E-state index in [2.05, 4.69) is 29.1 Å². The molecule has 1 saturated carbocycles. The van der Waals surface area contributed by atoms with Gasteiger partial charge in [-0.3, -0.25) is 0 Å². The van der Waals surface area contributed by atoms with Gasteiger partial charge in [-0.25, -0.2) is 9.97 Å². The Morgan fingerprint density at radius 3 is 2.59 bits per heavy atom. The van der Waals surface area contributed by atoms with Gasteiger partial charge in [0, 0.05) is 17.5 Å². The van der Waals surface area contributed by atoms with Crippen molar-refractivity contribution in [1.82, 2.24) is 9.97 Å². The zero-order chi connectivity index (χ0) is 12.5. The fourth-order valence-electron chi connectivity index (χ4n) is 2.11. The molecule has 1 heterocycles. The van der Waals surface area contributed by atoms with Crippen LogP contribution in [0.2, 0.25) is 5.15 Å². The third-order valence-electron chi connectivity index (χ3n) is 3.48. The van der Waals surface area contributed by atoms with Crippen molar-refractivity contribution in [2.24, 2.45) is 0 Å². The average molecular weight is 254 g/mol. The van der Waals surface area contributed by atoms with E-state index in [0.29, 0.717) is 5.15 Å². The molecule has 0 aliphatic heterocycles. The molecular formula is C13H20ClN3. The molecule has 1 aliphatic rings. The van der Waals surface area contributed by atoms with E-state index in [0.717, 1.165) is 30.0 Å². The van der Waals surface area contributed by atoms with Crippen molar-refractivity contribution < 1.29 is 0 Å². The van der Waals surface area contributed by atoms with Crippen LogP contribution in [0.3, 0.4) is 0 Å². The summed E-state index contributed by atoms with van der Waals surface area (Å²) in [4.78, 5) is 8.89. The Labute approximate surface area is 108 Å². The van der Waals surface area contributed by atoms with Gasteiger partial charge in [0.2, 0.25) is 0 Å². The molecule has 1 aromatic rings. The van der Waals surface area contributed by atoms with Crippen molar-refractivity contribution in [1.29, 1.82) is 0 Å². The highest BCUT2D eigenvalue weighted by Crippen LogP contribution is 2.35. The fraction of sp³-hybridized carbons (Fsp3) is 0.692. The number of aryl methyl sites for hydroxylation is 1. The summed E-state index contributed by atoms with van der Waals surface area (Å²) in [6.07, 6.45) is 5.62. The van der Waals surface area contributed by atoms with E-state index in [1.54, 1.807) is 0 Å². The second-order valence-electron chi connectivity index (χ2n) is 5.19. The van der Waals surface area contributed by atoms with Gasteiger partial charge in [0.05, 0.1) is 0 Å². The van der Waals surface area contributed by atoms with Crippen molar-refractivity contribution in [3.63, 3.8) is 0 Å². The molecule has 0 aromatic carbocycles. The molecular weight excluding hydrogens is 234 g/mol. The van der Waals surface area contributed by atoms with E-state index in [4.69, 9.17) is 11.6 Å². The topological polar surface area (TPSA) is 37.8 Å². The molecule has 0 bridgehead atoms. The highest BCUT2D eigenvalue weighted by molar-refractivity contribution is 6.30. The van der Waals surface area contributed by atoms with Gasteiger partial charge in [0.25, 0.3) is 0 Å². The van der Waals surface area contributed by atoms with Gasteiger partial charge in [-0.1, -0.05) is 18.5 Å². The van der Waals surface area contributed by atoms with Gasteiger partial charge in [-0.2, -0.15) is 0 Å². The maximum Gasteiger partial charge on any atom is 0.137 e. The lowest BCUT2D eigenvalue weighted by Crippen LogP contribution is -2.42. The van der Waals surface area contributed by atoms with Crippen molar-refractivity contribution in [2.75, 3.05) is 5.32 Å². The zero-order valence-corrected chi connectivity index (χ0v) is 11.6. The van der Waals surface area contributed by atoms with E-state index in [-0.39, 0.29) is 5.54 Å². The fourth-order valence-corrected chi connectivity index (χ4v) is 2.29. The van der Waals surface area contributed by atoms with Gasteiger partial charge in [-0.15, -0.1) is 0 Å². The van der Waals surface area contributed by atoms with Gasteiger partial charge >= 0.3 is 0 Å². The van der Waals surface area contributed by atoms with E-state index in [9.17, 15) is 0 Å². The van der Waals surface area contributed by atoms with E-state index < -0.39 is 0 Å². The molecule has 3 nitrogen and oxygen atoms in total. The van der Waals surface area contributed by atoms with Crippen molar-refractivity contribution in [3.8, 4) is 0 Å². The largest absolute Gasteiger partial charge is 0.365 e. The summed E-state index contributed by atoms with van der Waals surface area (Å²) in [5.41, 5.74) is 1.16. The molecule has 1 fully saturated rings. The maximum absolute atomic E-state index is 6.15. The highest BCUT2D eigenvalue weighted by atomic mass is 35.5. The number of nitrogens with one attached hydrogen (secondary N) is 1. The quantitative estimate of drug-likeness (QED) is 0.831. The standard InChI is InChI=1S/C13H20ClN3/c1-4-6-10-15-11(14)9(2)12(16-10)17-13(3)7-5-8-13/h4-8H2,1-3H3,(H,15,16,17). The molecule has 2 rings (SSSR count). The second kappa shape index (κ2) is 4.81. The first-order chi connectivity index (χ1) is 8.04. The first kappa shape index (κ1) is 12.6. The molecule has 0 saturated heterocycles. The summed E-state index contributed by atoms with van der Waals surface area (Å²) in [5.74, 6) is 1.75. The first-order valence-corrected chi connectivity index (χ1v) is 6.73. The smallest absolute Gasteiger partial charge is 0.137 e. The molecule has 4 heteroatoms. The van der Waals surface area contributed by atoms with Crippen LogP contribution in [0.15, 0.2) is 0 Å². The Morgan fingerprint density at radius 1 is 1.35 bits per heavy atom. The normalized spacial score (nSPS) is 17.6. The van der Waals surface area contributed by atoms with Crippen molar-refractivity contribution >= 4 is 17.4 Å². The van der Waals surface area contributed by atoms with Gasteiger partial charge in [0.1, 0.15) is 16.8 Å². The van der Waals surface area contributed by atoms with Crippen LogP contribution in [0.1, 0.15) is 50.9 Å². The molecule has 0 atom stereocenters. The summed E-state index contributed by atoms with van der Waals surface area (Å²) in [5, 5.41) is 4.10. The molecule has 0 amide bonds. The number of nitrogens with zero attached hydrogens (tertiary/aromatic N) is 2. The minimum absolute atomic E-state index is 0.200. The Morgan fingerprint density at radius 2 is 2.06 bits per heavy atom. The minimum Gasteiger partial charge on any atom is -0.365 e. The highest BCUT2D eigenvalue weighted by Gasteiger charge is 2.32. The SMILES string of the molecule is CCCc1nc(Cl)c(C)c(NC2(C)CCC2)n1. The Kier molecular flexibility index (Phi) is 3.57. The van der Waals surface area contributed by atoms with Crippen LogP contribution >= 0.6 is 11.6 Å². The number of aromatic nitrogens is 2. The molecule has 94 valence electrons. The zero-order valence-electron chi connectivity index (χ0n) is 10.8. The summed E-state index contributed by atoms with van der Waals surface area (Å²) < 4.78 is 0. The van der Waals surface area contributed by atoms with E-state index in [1.165, 1.54) is 19.3 Å². The van der Waals surface area contributed by atoms with Crippen LogP contribution in [0.25, 0.3) is 0 Å². The Bertz CT molecular complexity index is 413. The van der Waals surface area contributed by atoms with Crippen LogP contribution in [0, 0.1) is 6.92 Å². The number of hydrogen-bond donors (Lipinski definition) is 1. The summed E-state index contributed by atoms with van der Waals surface area (Å²) >= 11 is 6.15. The number of anilines is 1.